The molecule has 1 aliphatic carbocycles. The Morgan fingerprint density at radius 2 is 2.31 bits per heavy atom. The minimum atomic E-state index is -0.945. The second-order valence-electron chi connectivity index (χ2n) is 7.91. The molecule has 29 heavy (non-hydrogen) atoms. The number of hydrogen-bond acceptors (Lipinski definition) is 5. The molecule has 3 atom stereocenters. The molecule has 0 saturated heterocycles. The van der Waals surface area contributed by atoms with E-state index in [4.69, 9.17) is 0 Å². The minimum absolute atomic E-state index is 0.166. The number of halogens is 1. The van der Waals surface area contributed by atoms with Crippen molar-refractivity contribution in [3.8, 4) is 16.4 Å². The Kier molecular flexibility index (Phi) is 5.21. The Balaban J connectivity index is 1.59. The summed E-state index contributed by atoms with van der Waals surface area (Å²) in [5, 5.41) is 9.51. The van der Waals surface area contributed by atoms with Crippen LogP contribution in [0.4, 0.5) is 4.39 Å². The highest BCUT2D eigenvalue weighted by Gasteiger charge is 2.43. The van der Waals surface area contributed by atoms with Crippen molar-refractivity contribution in [1.82, 2.24) is 24.7 Å². The van der Waals surface area contributed by atoms with Gasteiger partial charge in [0.05, 0.1) is 5.56 Å². The molecule has 1 fully saturated rings. The molecule has 4 rings (SSSR count). The molecule has 152 valence electrons. The lowest BCUT2D eigenvalue weighted by Crippen LogP contribution is -2.38. The summed E-state index contributed by atoms with van der Waals surface area (Å²) in [5.74, 6) is 0.364. The van der Waals surface area contributed by atoms with Gasteiger partial charge in [-0.2, -0.15) is 0 Å². The van der Waals surface area contributed by atoms with Crippen LogP contribution in [0.5, 0.6) is 0 Å². The zero-order valence-electron chi connectivity index (χ0n) is 16.6. The SMILES string of the molecule is C=C(c1nnc(-c2c[nH]c(-n3ccnc3)cc2=O)s1)[C@@H]1CCC[C@](C)(CC)[C@H]1F. The average Bonchev–Trinajstić information content (AvgIpc) is 3.42. The third-order valence-corrected chi connectivity index (χ3v) is 7.18. The van der Waals surface area contributed by atoms with Crippen molar-refractivity contribution in [3.63, 3.8) is 0 Å². The third-order valence-electron chi connectivity index (χ3n) is 6.15. The van der Waals surface area contributed by atoms with Crippen molar-refractivity contribution in [2.75, 3.05) is 0 Å². The van der Waals surface area contributed by atoms with E-state index >= 15 is 4.39 Å². The summed E-state index contributed by atoms with van der Waals surface area (Å²) in [6.45, 7) is 8.21. The standard InChI is InChI=1S/C21H24FN5OS/c1-4-21(3)7-5-6-14(18(21)22)13(2)19-25-26-20(29-19)15-11-24-17(10-16(15)28)27-9-8-23-12-27/h8-12,14,18H,2,4-7H2,1,3H3,(H,24,28)/t14-,18-,21-/m0/s1. The summed E-state index contributed by atoms with van der Waals surface area (Å²) in [6.07, 6.45) is 9.13. The molecule has 0 radical (unpaired) electrons. The number of nitrogens with one attached hydrogen (secondary N) is 1. The van der Waals surface area contributed by atoms with Crippen LogP contribution in [-0.2, 0) is 0 Å². The van der Waals surface area contributed by atoms with Crippen molar-refractivity contribution >= 4 is 16.9 Å². The van der Waals surface area contributed by atoms with E-state index in [1.54, 1.807) is 29.5 Å². The fourth-order valence-electron chi connectivity index (χ4n) is 4.02. The Morgan fingerprint density at radius 1 is 1.48 bits per heavy atom. The Hall–Kier alpha value is -2.61. The maximum atomic E-state index is 15.2. The van der Waals surface area contributed by atoms with E-state index in [-0.39, 0.29) is 16.8 Å². The van der Waals surface area contributed by atoms with Gasteiger partial charge >= 0.3 is 0 Å². The molecule has 0 aliphatic heterocycles. The van der Waals surface area contributed by atoms with Crippen molar-refractivity contribution in [3.05, 3.63) is 52.8 Å². The number of imidazole rings is 1. The minimum Gasteiger partial charge on any atom is -0.347 e. The lowest BCUT2D eigenvalue weighted by atomic mass is 9.66. The highest BCUT2D eigenvalue weighted by atomic mass is 32.1. The van der Waals surface area contributed by atoms with Gasteiger partial charge < -0.3 is 4.98 Å². The molecule has 0 aromatic carbocycles. The topological polar surface area (TPSA) is 76.5 Å². The molecule has 3 aromatic heterocycles. The van der Waals surface area contributed by atoms with Gasteiger partial charge in [-0.05, 0) is 30.3 Å². The molecular formula is C21H24FN5OS. The van der Waals surface area contributed by atoms with Crippen molar-refractivity contribution in [1.29, 1.82) is 0 Å². The number of pyridine rings is 1. The van der Waals surface area contributed by atoms with E-state index in [1.807, 2.05) is 13.8 Å². The molecule has 1 N–H and O–H groups in total. The number of hydrogen-bond donors (Lipinski definition) is 1. The first-order valence-corrected chi connectivity index (χ1v) is 10.6. The number of allylic oxidation sites excluding steroid dienone is 1. The normalized spacial score (nSPS) is 24.5. The van der Waals surface area contributed by atoms with Crippen LogP contribution in [0, 0.1) is 11.3 Å². The largest absolute Gasteiger partial charge is 0.347 e. The number of H-pyrrole nitrogens is 1. The number of nitrogens with zero attached hydrogens (tertiary/aromatic N) is 4. The fourth-order valence-corrected chi connectivity index (χ4v) is 4.92. The maximum absolute atomic E-state index is 15.2. The van der Waals surface area contributed by atoms with Crippen molar-refractivity contribution < 1.29 is 4.39 Å². The van der Waals surface area contributed by atoms with Gasteiger partial charge in [0.2, 0.25) is 0 Å². The number of aromatic nitrogens is 5. The molecule has 6 nitrogen and oxygen atoms in total. The molecular weight excluding hydrogens is 389 g/mol. The van der Waals surface area contributed by atoms with E-state index in [9.17, 15) is 4.79 Å². The lowest BCUT2D eigenvalue weighted by molar-refractivity contribution is 0.0411. The van der Waals surface area contributed by atoms with Crippen LogP contribution in [0.25, 0.3) is 22.0 Å². The Labute approximate surface area is 172 Å². The highest BCUT2D eigenvalue weighted by Crippen LogP contribution is 2.48. The second kappa shape index (κ2) is 7.67. The molecule has 1 saturated carbocycles. The van der Waals surface area contributed by atoms with E-state index in [1.165, 1.54) is 17.4 Å². The van der Waals surface area contributed by atoms with Crippen molar-refractivity contribution in [2.45, 2.75) is 45.7 Å². The van der Waals surface area contributed by atoms with Gasteiger partial charge in [-0.25, -0.2) is 9.37 Å². The predicted octanol–water partition coefficient (Wildman–Crippen LogP) is 4.65. The van der Waals surface area contributed by atoms with Crippen molar-refractivity contribution in [2.24, 2.45) is 11.3 Å². The lowest BCUT2D eigenvalue weighted by Gasteiger charge is -2.41. The monoisotopic (exact) mass is 413 g/mol. The highest BCUT2D eigenvalue weighted by molar-refractivity contribution is 7.15. The van der Waals surface area contributed by atoms with Gasteiger partial charge in [0.15, 0.2) is 10.4 Å². The molecule has 3 aromatic rings. The molecule has 8 heteroatoms. The summed E-state index contributed by atoms with van der Waals surface area (Å²) in [7, 11) is 0. The summed E-state index contributed by atoms with van der Waals surface area (Å²) >= 11 is 1.29. The molecule has 0 amide bonds. The van der Waals surface area contributed by atoms with E-state index in [0.717, 1.165) is 25.7 Å². The van der Waals surface area contributed by atoms with Gasteiger partial charge in [-0.3, -0.25) is 9.36 Å². The third kappa shape index (κ3) is 3.57. The molecule has 0 bridgehead atoms. The quantitative estimate of drug-likeness (QED) is 0.661. The molecule has 3 heterocycles. The van der Waals surface area contributed by atoms with Crippen LogP contribution < -0.4 is 5.43 Å². The van der Waals surface area contributed by atoms with Crippen LogP contribution in [0.15, 0.2) is 42.4 Å². The average molecular weight is 414 g/mol. The Morgan fingerprint density at radius 3 is 3.00 bits per heavy atom. The van der Waals surface area contributed by atoms with E-state index in [2.05, 4.69) is 26.7 Å². The van der Waals surface area contributed by atoms with Crippen LogP contribution >= 0.6 is 11.3 Å². The van der Waals surface area contributed by atoms with Gasteiger partial charge in [0.1, 0.15) is 23.3 Å². The summed E-state index contributed by atoms with van der Waals surface area (Å²) in [6, 6.07) is 1.50. The number of aromatic amines is 1. The molecule has 1 aliphatic rings. The van der Waals surface area contributed by atoms with Gasteiger partial charge in [0.25, 0.3) is 0 Å². The zero-order valence-corrected chi connectivity index (χ0v) is 17.4. The first kappa shape index (κ1) is 19.7. The summed E-state index contributed by atoms with van der Waals surface area (Å²) in [4.78, 5) is 19.7. The van der Waals surface area contributed by atoms with Crippen LogP contribution in [0.1, 0.15) is 44.5 Å². The van der Waals surface area contributed by atoms with Crippen LogP contribution in [0.2, 0.25) is 0 Å². The van der Waals surface area contributed by atoms with Gasteiger partial charge in [0, 0.05) is 30.6 Å². The molecule has 0 unspecified atom stereocenters. The van der Waals surface area contributed by atoms with Crippen LogP contribution in [-0.4, -0.2) is 30.9 Å². The summed E-state index contributed by atoms with van der Waals surface area (Å²) < 4.78 is 17.0. The molecule has 0 spiro atoms. The van der Waals surface area contributed by atoms with Gasteiger partial charge in [-0.1, -0.05) is 38.2 Å². The van der Waals surface area contributed by atoms with E-state index < -0.39 is 6.17 Å². The number of alkyl halides is 1. The summed E-state index contributed by atoms with van der Waals surface area (Å²) in [5.41, 5.74) is 0.636. The number of rotatable bonds is 5. The fraction of sp³-hybridized carbons (Fsp3) is 0.429. The zero-order chi connectivity index (χ0) is 20.6. The first-order chi connectivity index (χ1) is 13.9. The maximum Gasteiger partial charge on any atom is 0.194 e. The second-order valence-corrected chi connectivity index (χ2v) is 8.89. The smallest absolute Gasteiger partial charge is 0.194 e. The van der Waals surface area contributed by atoms with Crippen LogP contribution in [0.3, 0.4) is 0 Å². The predicted molar refractivity (Wildman–Crippen MR) is 113 cm³/mol. The first-order valence-electron chi connectivity index (χ1n) is 9.81. The Bertz CT molecular complexity index is 1070. The van der Waals surface area contributed by atoms with E-state index in [0.29, 0.717) is 27.0 Å². The van der Waals surface area contributed by atoms with Gasteiger partial charge in [-0.15, -0.1) is 10.2 Å².